The summed E-state index contributed by atoms with van der Waals surface area (Å²) in [6.45, 7) is 4.23. The minimum absolute atomic E-state index is 0.0892. The van der Waals surface area contributed by atoms with Crippen LogP contribution >= 0.6 is 0 Å². The molecule has 0 fully saturated rings. The van der Waals surface area contributed by atoms with E-state index >= 15 is 0 Å². The second-order valence-corrected chi connectivity index (χ2v) is 7.60. The molecule has 0 aliphatic rings. The largest absolute Gasteiger partial charge is 0.508 e. The third kappa shape index (κ3) is 5.03. The van der Waals surface area contributed by atoms with Crippen molar-refractivity contribution in [1.82, 2.24) is 0 Å². The number of hydrogen-bond acceptors (Lipinski definition) is 6. The molecule has 3 aromatic rings. The van der Waals surface area contributed by atoms with Crippen LogP contribution in [0.4, 0.5) is 0 Å². The molecule has 4 N–H and O–H groups in total. The van der Waals surface area contributed by atoms with Crippen LogP contribution in [-0.4, -0.2) is 36.9 Å². The van der Waals surface area contributed by atoms with Crippen LogP contribution < -0.4 is 19.9 Å². The number of carbonyl (C=O) groups is 1. The second kappa shape index (κ2) is 9.99. The van der Waals surface area contributed by atoms with E-state index in [1.165, 1.54) is 32.4 Å². The predicted octanol–water partition coefficient (Wildman–Crippen LogP) is 4.89. The Morgan fingerprint density at radius 3 is 2.15 bits per heavy atom. The van der Waals surface area contributed by atoms with Gasteiger partial charge in [-0.1, -0.05) is 23.8 Å². The van der Waals surface area contributed by atoms with Gasteiger partial charge in [0.05, 0.1) is 19.8 Å². The molecule has 7 heteroatoms. The number of phenols is 2. The SMILES string of the molecule is COc1cc(-c2ccc(O)cc2)c(OC)c(C(N)=O)c1-c1ccc(OCC=C(C)C)c(O)c1. The van der Waals surface area contributed by atoms with Crippen LogP contribution in [-0.2, 0) is 0 Å². The van der Waals surface area contributed by atoms with Gasteiger partial charge in [-0.25, -0.2) is 0 Å². The Morgan fingerprint density at radius 1 is 0.939 bits per heavy atom. The number of benzene rings is 3. The van der Waals surface area contributed by atoms with Crippen molar-refractivity contribution in [2.45, 2.75) is 13.8 Å². The second-order valence-electron chi connectivity index (χ2n) is 7.60. The number of rotatable bonds is 8. The number of allylic oxidation sites excluding steroid dienone is 1. The Hall–Kier alpha value is -4.13. The molecule has 3 rings (SSSR count). The molecule has 0 saturated heterocycles. The normalized spacial score (nSPS) is 10.4. The highest BCUT2D eigenvalue weighted by Gasteiger charge is 2.26. The maximum atomic E-state index is 12.6. The summed E-state index contributed by atoms with van der Waals surface area (Å²) in [5.41, 5.74) is 9.14. The molecule has 0 radical (unpaired) electrons. The van der Waals surface area contributed by atoms with Gasteiger partial charge in [-0.2, -0.15) is 0 Å². The van der Waals surface area contributed by atoms with Crippen LogP contribution in [0.2, 0.25) is 0 Å². The van der Waals surface area contributed by atoms with E-state index in [1.807, 2.05) is 19.9 Å². The summed E-state index contributed by atoms with van der Waals surface area (Å²) in [4.78, 5) is 12.6. The number of methoxy groups -OCH3 is 2. The average Bonchev–Trinajstić information content (AvgIpc) is 2.78. The summed E-state index contributed by atoms with van der Waals surface area (Å²) in [5, 5.41) is 20.2. The lowest BCUT2D eigenvalue weighted by Crippen LogP contribution is -2.15. The van der Waals surface area contributed by atoms with Gasteiger partial charge in [-0.15, -0.1) is 0 Å². The molecule has 0 aliphatic heterocycles. The van der Waals surface area contributed by atoms with E-state index in [4.69, 9.17) is 19.9 Å². The van der Waals surface area contributed by atoms with Gasteiger partial charge in [-0.3, -0.25) is 4.79 Å². The fourth-order valence-electron chi connectivity index (χ4n) is 3.48. The lowest BCUT2D eigenvalue weighted by Gasteiger charge is -2.20. The number of aromatic hydroxyl groups is 2. The molecule has 0 heterocycles. The fourth-order valence-corrected chi connectivity index (χ4v) is 3.48. The zero-order valence-electron chi connectivity index (χ0n) is 19.0. The Labute approximate surface area is 192 Å². The van der Waals surface area contributed by atoms with Gasteiger partial charge in [0.25, 0.3) is 5.91 Å². The summed E-state index contributed by atoms with van der Waals surface area (Å²) < 4.78 is 16.8. The van der Waals surface area contributed by atoms with Crippen LogP contribution in [0.15, 0.2) is 60.2 Å². The third-order valence-corrected chi connectivity index (χ3v) is 5.07. The van der Waals surface area contributed by atoms with E-state index in [1.54, 1.807) is 30.3 Å². The summed E-state index contributed by atoms with van der Waals surface area (Å²) in [5.74, 6) is 0.234. The van der Waals surface area contributed by atoms with Crippen LogP contribution in [0.3, 0.4) is 0 Å². The summed E-state index contributed by atoms with van der Waals surface area (Å²) in [7, 11) is 2.92. The average molecular weight is 450 g/mol. The number of amides is 1. The van der Waals surface area contributed by atoms with Gasteiger partial charge in [0, 0.05) is 11.1 Å². The van der Waals surface area contributed by atoms with Crippen molar-refractivity contribution >= 4 is 5.91 Å². The molecule has 7 nitrogen and oxygen atoms in total. The highest BCUT2D eigenvalue weighted by Crippen LogP contribution is 2.46. The minimum Gasteiger partial charge on any atom is -0.508 e. The Balaban J connectivity index is 2.19. The van der Waals surface area contributed by atoms with Crippen LogP contribution in [0.25, 0.3) is 22.3 Å². The Morgan fingerprint density at radius 2 is 1.61 bits per heavy atom. The number of hydrogen-bond donors (Lipinski definition) is 3. The van der Waals surface area contributed by atoms with Crippen molar-refractivity contribution in [1.29, 1.82) is 0 Å². The number of nitrogens with two attached hydrogens (primary N) is 1. The van der Waals surface area contributed by atoms with E-state index in [9.17, 15) is 15.0 Å². The molecular weight excluding hydrogens is 422 g/mol. The quantitative estimate of drug-likeness (QED) is 0.422. The van der Waals surface area contributed by atoms with Crippen molar-refractivity contribution in [2.75, 3.05) is 20.8 Å². The van der Waals surface area contributed by atoms with E-state index in [-0.39, 0.29) is 22.8 Å². The van der Waals surface area contributed by atoms with Gasteiger partial charge in [0.2, 0.25) is 0 Å². The third-order valence-electron chi connectivity index (χ3n) is 5.07. The summed E-state index contributed by atoms with van der Waals surface area (Å²) >= 11 is 0. The predicted molar refractivity (Wildman–Crippen MR) is 127 cm³/mol. The zero-order chi connectivity index (χ0) is 24.1. The topological polar surface area (TPSA) is 111 Å². The monoisotopic (exact) mass is 449 g/mol. The van der Waals surface area contributed by atoms with Crippen molar-refractivity contribution in [2.24, 2.45) is 5.73 Å². The van der Waals surface area contributed by atoms with Gasteiger partial charge >= 0.3 is 0 Å². The Bertz CT molecular complexity index is 1190. The minimum atomic E-state index is -0.718. The molecule has 0 aromatic heterocycles. The molecule has 1 amide bonds. The smallest absolute Gasteiger partial charge is 0.253 e. The molecule has 0 unspecified atom stereocenters. The zero-order valence-corrected chi connectivity index (χ0v) is 19.0. The molecule has 0 bridgehead atoms. The molecule has 0 aliphatic carbocycles. The number of carbonyl (C=O) groups excluding carboxylic acids is 1. The van der Waals surface area contributed by atoms with Crippen molar-refractivity contribution in [3.8, 4) is 51.0 Å². The van der Waals surface area contributed by atoms with E-state index in [0.717, 1.165) is 5.57 Å². The fraction of sp³-hybridized carbons (Fsp3) is 0.192. The van der Waals surface area contributed by atoms with Crippen LogP contribution in [0.1, 0.15) is 24.2 Å². The Kier molecular flexibility index (Phi) is 7.13. The lowest BCUT2D eigenvalue weighted by molar-refractivity contribution is 0.0997. The van der Waals surface area contributed by atoms with E-state index < -0.39 is 5.91 Å². The summed E-state index contributed by atoms with van der Waals surface area (Å²) in [6, 6.07) is 13.0. The highest BCUT2D eigenvalue weighted by molar-refractivity contribution is 6.07. The van der Waals surface area contributed by atoms with Crippen molar-refractivity contribution in [3.63, 3.8) is 0 Å². The van der Waals surface area contributed by atoms with Gasteiger partial charge in [0.15, 0.2) is 11.5 Å². The van der Waals surface area contributed by atoms with Gasteiger partial charge in [0.1, 0.15) is 23.9 Å². The van der Waals surface area contributed by atoms with E-state index in [2.05, 4.69) is 0 Å². The first-order valence-electron chi connectivity index (χ1n) is 10.2. The maximum absolute atomic E-state index is 12.6. The lowest BCUT2D eigenvalue weighted by atomic mass is 9.91. The van der Waals surface area contributed by atoms with Crippen molar-refractivity contribution in [3.05, 3.63) is 65.7 Å². The first kappa shape index (κ1) is 23.5. The van der Waals surface area contributed by atoms with Crippen molar-refractivity contribution < 1.29 is 29.2 Å². The molecule has 3 aromatic carbocycles. The first-order chi connectivity index (χ1) is 15.8. The van der Waals surface area contributed by atoms with E-state index in [0.29, 0.717) is 40.4 Å². The molecule has 0 atom stereocenters. The standard InChI is InChI=1S/C26H27NO6/c1-15(2)11-12-33-21-10-7-17(13-20(21)29)23-22(31-3)14-19(16-5-8-18(28)9-6-16)25(32-4)24(23)26(27)30/h5-11,13-14,28-29H,12H2,1-4H3,(H2,27,30). The summed E-state index contributed by atoms with van der Waals surface area (Å²) in [6.07, 6.45) is 1.90. The molecule has 0 spiro atoms. The molecular formula is C26H27NO6. The van der Waals surface area contributed by atoms with Crippen LogP contribution in [0, 0.1) is 0 Å². The number of ether oxygens (including phenoxy) is 3. The molecule has 0 saturated carbocycles. The maximum Gasteiger partial charge on any atom is 0.253 e. The van der Waals surface area contributed by atoms with Gasteiger partial charge < -0.3 is 30.2 Å². The number of phenolic OH excluding ortho intramolecular Hbond substituents is 2. The number of primary amides is 1. The molecule has 172 valence electrons. The van der Waals surface area contributed by atoms with Gasteiger partial charge in [-0.05, 0) is 61.4 Å². The molecule has 33 heavy (non-hydrogen) atoms. The van der Waals surface area contributed by atoms with Crippen LogP contribution in [0.5, 0.6) is 28.7 Å². The highest BCUT2D eigenvalue weighted by atomic mass is 16.5. The first-order valence-corrected chi connectivity index (χ1v) is 10.2.